The lowest BCUT2D eigenvalue weighted by molar-refractivity contribution is 0.0894. The second-order valence-electron chi connectivity index (χ2n) is 9.41. The van der Waals surface area contributed by atoms with Gasteiger partial charge in [0.05, 0.1) is 0 Å². The van der Waals surface area contributed by atoms with Gasteiger partial charge in [-0.2, -0.15) is 0 Å². The molecule has 1 aromatic rings. The molecule has 4 rings (SSSR count). The van der Waals surface area contributed by atoms with E-state index in [1.165, 1.54) is 77.3 Å². The first-order valence-electron chi connectivity index (χ1n) is 11.0. The Kier molecular flexibility index (Phi) is 5.23. The third kappa shape index (κ3) is 3.54. The molecule has 1 saturated carbocycles. The predicted octanol–water partition coefficient (Wildman–Crippen LogP) is 5.96. The average Bonchev–Trinajstić information content (AvgIpc) is 3.06. The molecule has 0 bridgehead atoms. The SMILES string of the molecule is CCC(C[C@@H]1CC[C@@H](C)C1)N1CCC2(CCCc3ccccc32)CC1. The number of hydrogen-bond donors (Lipinski definition) is 0. The predicted molar refractivity (Wildman–Crippen MR) is 107 cm³/mol. The van der Waals surface area contributed by atoms with Crippen LogP contribution in [0.25, 0.3) is 0 Å². The van der Waals surface area contributed by atoms with E-state index in [4.69, 9.17) is 0 Å². The standard InChI is InChI=1S/C24H37N/c1-3-22(18-20-11-10-19(2)17-20)25-15-13-24(14-16-25)12-6-8-21-7-4-5-9-23(21)24/h4-5,7,9,19-20,22H,3,6,8,10-18H2,1-2H3/t19-,20-,22?/m1/s1. The number of benzene rings is 1. The van der Waals surface area contributed by atoms with E-state index in [1.807, 2.05) is 0 Å². The third-order valence-electron chi connectivity index (χ3n) is 7.84. The van der Waals surface area contributed by atoms with E-state index in [0.29, 0.717) is 5.41 Å². The Hall–Kier alpha value is -0.820. The monoisotopic (exact) mass is 339 g/mol. The van der Waals surface area contributed by atoms with Gasteiger partial charge in [0.1, 0.15) is 0 Å². The summed E-state index contributed by atoms with van der Waals surface area (Å²) in [6.45, 7) is 7.53. The molecule has 1 saturated heterocycles. The van der Waals surface area contributed by atoms with E-state index in [1.54, 1.807) is 11.1 Å². The summed E-state index contributed by atoms with van der Waals surface area (Å²) in [7, 11) is 0. The van der Waals surface area contributed by atoms with Crippen molar-refractivity contribution in [1.29, 1.82) is 0 Å². The van der Waals surface area contributed by atoms with Crippen LogP contribution in [0, 0.1) is 11.8 Å². The fourth-order valence-electron chi connectivity index (χ4n) is 6.34. The largest absolute Gasteiger partial charge is 0.300 e. The molecule has 2 aliphatic carbocycles. The summed E-state index contributed by atoms with van der Waals surface area (Å²) in [5.41, 5.74) is 3.86. The molecule has 3 aliphatic rings. The van der Waals surface area contributed by atoms with E-state index < -0.39 is 0 Å². The van der Waals surface area contributed by atoms with E-state index in [-0.39, 0.29) is 0 Å². The van der Waals surface area contributed by atoms with Gasteiger partial charge in [0.25, 0.3) is 0 Å². The molecule has 1 aliphatic heterocycles. The van der Waals surface area contributed by atoms with Crippen molar-refractivity contribution in [3.8, 4) is 0 Å². The molecular weight excluding hydrogens is 302 g/mol. The maximum atomic E-state index is 2.87. The molecule has 1 heterocycles. The Bertz CT molecular complexity index is 569. The third-order valence-corrected chi connectivity index (χ3v) is 7.84. The minimum absolute atomic E-state index is 0.505. The zero-order valence-corrected chi connectivity index (χ0v) is 16.5. The van der Waals surface area contributed by atoms with E-state index in [0.717, 1.165) is 17.9 Å². The van der Waals surface area contributed by atoms with Gasteiger partial charge in [0, 0.05) is 6.04 Å². The van der Waals surface area contributed by atoms with Gasteiger partial charge in [-0.3, -0.25) is 0 Å². The quantitative estimate of drug-likeness (QED) is 0.654. The molecule has 138 valence electrons. The highest BCUT2D eigenvalue weighted by Gasteiger charge is 2.40. The second kappa shape index (κ2) is 7.43. The van der Waals surface area contributed by atoms with Crippen molar-refractivity contribution in [3.63, 3.8) is 0 Å². The highest BCUT2D eigenvalue weighted by atomic mass is 15.2. The molecule has 0 radical (unpaired) electrons. The molecule has 1 unspecified atom stereocenters. The number of fused-ring (bicyclic) bond motifs is 2. The summed E-state index contributed by atoms with van der Waals surface area (Å²) >= 11 is 0. The van der Waals surface area contributed by atoms with Crippen molar-refractivity contribution >= 4 is 0 Å². The lowest BCUT2D eigenvalue weighted by Gasteiger charge is -2.47. The van der Waals surface area contributed by atoms with Gasteiger partial charge in [0.2, 0.25) is 0 Å². The Morgan fingerprint density at radius 2 is 1.92 bits per heavy atom. The van der Waals surface area contributed by atoms with Crippen LogP contribution < -0.4 is 0 Å². The van der Waals surface area contributed by atoms with Crippen LogP contribution in [0.4, 0.5) is 0 Å². The Morgan fingerprint density at radius 1 is 1.12 bits per heavy atom. The van der Waals surface area contributed by atoms with Crippen LogP contribution in [0.15, 0.2) is 24.3 Å². The Morgan fingerprint density at radius 3 is 2.64 bits per heavy atom. The van der Waals surface area contributed by atoms with Gasteiger partial charge in [-0.05, 0) is 92.8 Å². The molecule has 0 aromatic heterocycles. The molecule has 1 nitrogen and oxygen atoms in total. The molecule has 2 fully saturated rings. The topological polar surface area (TPSA) is 3.24 Å². The number of rotatable bonds is 4. The molecular formula is C24H37N. The van der Waals surface area contributed by atoms with Crippen LogP contribution in [-0.2, 0) is 11.8 Å². The summed E-state index contributed by atoms with van der Waals surface area (Å²) in [6.07, 6.45) is 14.2. The van der Waals surface area contributed by atoms with Gasteiger partial charge >= 0.3 is 0 Å². The van der Waals surface area contributed by atoms with Crippen molar-refractivity contribution in [3.05, 3.63) is 35.4 Å². The fraction of sp³-hybridized carbons (Fsp3) is 0.750. The van der Waals surface area contributed by atoms with Gasteiger partial charge in [-0.1, -0.05) is 51.0 Å². The van der Waals surface area contributed by atoms with Crippen molar-refractivity contribution in [2.75, 3.05) is 13.1 Å². The first kappa shape index (κ1) is 17.6. The first-order valence-corrected chi connectivity index (χ1v) is 11.0. The van der Waals surface area contributed by atoms with Crippen LogP contribution in [0.3, 0.4) is 0 Å². The van der Waals surface area contributed by atoms with Gasteiger partial charge < -0.3 is 4.90 Å². The summed E-state index contributed by atoms with van der Waals surface area (Å²) in [6, 6.07) is 10.2. The van der Waals surface area contributed by atoms with Crippen LogP contribution in [0.1, 0.15) is 82.8 Å². The zero-order valence-electron chi connectivity index (χ0n) is 16.5. The molecule has 1 heteroatoms. The number of likely N-dealkylation sites (tertiary alicyclic amines) is 1. The number of aryl methyl sites for hydroxylation is 1. The smallest absolute Gasteiger partial charge is 0.00952 e. The highest BCUT2D eigenvalue weighted by molar-refractivity contribution is 5.37. The maximum Gasteiger partial charge on any atom is 0.00952 e. The van der Waals surface area contributed by atoms with Crippen molar-refractivity contribution in [1.82, 2.24) is 4.90 Å². The highest BCUT2D eigenvalue weighted by Crippen LogP contribution is 2.45. The van der Waals surface area contributed by atoms with Crippen molar-refractivity contribution in [2.24, 2.45) is 11.8 Å². The fourth-order valence-corrected chi connectivity index (χ4v) is 6.34. The maximum absolute atomic E-state index is 2.87. The van der Waals surface area contributed by atoms with Gasteiger partial charge in [-0.25, -0.2) is 0 Å². The summed E-state index contributed by atoms with van der Waals surface area (Å²) < 4.78 is 0. The molecule has 3 atom stereocenters. The van der Waals surface area contributed by atoms with Gasteiger partial charge in [-0.15, -0.1) is 0 Å². The molecule has 0 amide bonds. The summed E-state index contributed by atoms with van der Waals surface area (Å²) in [5.74, 6) is 1.98. The minimum Gasteiger partial charge on any atom is -0.300 e. The molecule has 0 N–H and O–H groups in total. The van der Waals surface area contributed by atoms with Crippen LogP contribution >= 0.6 is 0 Å². The molecule has 25 heavy (non-hydrogen) atoms. The Balaban J connectivity index is 1.41. The van der Waals surface area contributed by atoms with E-state index in [2.05, 4.69) is 43.0 Å². The zero-order chi connectivity index (χ0) is 17.3. The molecule has 1 spiro atoms. The van der Waals surface area contributed by atoms with Crippen LogP contribution in [0.2, 0.25) is 0 Å². The second-order valence-corrected chi connectivity index (χ2v) is 9.41. The molecule has 1 aromatic carbocycles. The first-order chi connectivity index (χ1) is 12.2. The summed E-state index contributed by atoms with van der Waals surface area (Å²) in [4.78, 5) is 2.87. The lowest BCUT2D eigenvalue weighted by atomic mass is 9.64. The number of hydrogen-bond acceptors (Lipinski definition) is 1. The van der Waals surface area contributed by atoms with Gasteiger partial charge in [0.15, 0.2) is 0 Å². The van der Waals surface area contributed by atoms with Crippen LogP contribution in [-0.4, -0.2) is 24.0 Å². The lowest BCUT2D eigenvalue weighted by Crippen LogP contribution is -2.48. The summed E-state index contributed by atoms with van der Waals surface area (Å²) in [5, 5.41) is 0. The normalized spacial score (nSPS) is 30.3. The van der Waals surface area contributed by atoms with E-state index >= 15 is 0 Å². The van der Waals surface area contributed by atoms with Crippen LogP contribution in [0.5, 0.6) is 0 Å². The van der Waals surface area contributed by atoms with E-state index in [9.17, 15) is 0 Å². The van der Waals surface area contributed by atoms with Crippen molar-refractivity contribution < 1.29 is 0 Å². The number of nitrogens with zero attached hydrogens (tertiary/aromatic N) is 1. The number of piperidine rings is 1. The Labute approximate surface area is 155 Å². The average molecular weight is 340 g/mol. The minimum atomic E-state index is 0.505. The van der Waals surface area contributed by atoms with Crippen molar-refractivity contribution in [2.45, 2.75) is 89.5 Å².